The van der Waals surface area contributed by atoms with Crippen LogP contribution in [-0.2, 0) is 4.74 Å². The van der Waals surface area contributed by atoms with E-state index in [0.717, 1.165) is 35.3 Å². The summed E-state index contributed by atoms with van der Waals surface area (Å²) in [6, 6.07) is 4.83. The quantitative estimate of drug-likeness (QED) is 0.355. The minimum Gasteiger partial charge on any atom is -0.385 e. The lowest BCUT2D eigenvalue weighted by Gasteiger charge is -2.08. The van der Waals surface area contributed by atoms with E-state index in [0.29, 0.717) is 0 Å². The second-order valence-corrected chi connectivity index (χ2v) is 4.71. The van der Waals surface area contributed by atoms with Gasteiger partial charge in [-0.3, -0.25) is 10.1 Å². The molecule has 0 radical (unpaired) electrons. The highest BCUT2D eigenvalue weighted by atomic mass is 127. The van der Waals surface area contributed by atoms with Crippen LogP contribution < -0.4 is 5.32 Å². The van der Waals surface area contributed by atoms with Crippen molar-refractivity contribution in [3.8, 4) is 0 Å². The van der Waals surface area contributed by atoms with Gasteiger partial charge in [-0.25, -0.2) is 0 Å². The number of nitrogens with zero attached hydrogens (tertiary/aromatic N) is 1. The first kappa shape index (κ1) is 14.2. The highest BCUT2D eigenvalue weighted by Crippen LogP contribution is 2.23. The molecule has 6 heteroatoms. The lowest BCUT2D eigenvalue weighted by molar-refractivity contribution is -0.384. The van der Waals surface area contributed by atoms with E-state index in [1.54, 1.807) is 19.2 Å². The molecule has 5 nitrogen and oxygen atoms in total. The number of unbranched alkanes of at least 4 members (excludes halogenated alkanes) is 1. The molecule has 0 saturated heterocycles. The van der Waals surface area contributed by atoms with Gasteiger partial charge in [0.1, 0.15) is 0 Å². The Bertz CT molecular complexity index is 385. The number of nitrogens with one attached hydrogen (secondary N) is 1. The van der Waals surface area contributed by atoms with Gasteiger partial charge >= 0.3 is 0 Å². The minimum absolute atomic E-state index is 0.124. The first-order valence-electron chi connectivity index (χ1n) is 5.32. The van der Waals surface area contributed by atoms with E-state index in [2.05, 4.69) is 27.9 Å². The molecule has 0 atom stereocenters. The molecule has 94 valence electrons. The van der Waals surface area contributed by atoms with Crippen LogP contribution in [0.1, 0.15) is 12.8 Å². The molecule has 0 aliphatic rings. The molecule has 1 rings (SSSR count). The molecule has 0 amide bonds. The van der Waals surface area contributed by atoms with Crippen molar-refractivity contribution in [1.82, 2.24) is 0 Å². The van der Waals surface area contributed by atoms with E-state index in [1.165, 1.54) is 6.07 Å². The molecular formula is C11H15IN2O3. The number of anilines is 1. The third kappa shape index (κ3) is 4.86. The van der Waals surface area contributed by atoms with Crippen LogP contribution in [0.2, 0.25) is 0 Å². The van der Waals surface area contributed by atoms with Crippen LogP contribution in [0.3, 0.4) is 0 Å². The van der Waals surface area contributed by atoms with Gasteiger partial charge in [0.25, 0.3) is 5.69 Å². The van der Waals surface area contributed by atoms with E-state index in [9.17, 15) is 10.1 Å². The van der Waals surface area contributed by atoms with Gasteiger partial charge in [0.15, 0.2) is 0 Å². The number of hydrogen-bond donors (Lipinski definition) is 1. The van der Waals surface area contributed by atoms with Crippen molar-refractivity contribution < 1.29 is 9.66 Å². The topological polar surface area (TPSA) is 64.4 Å². The smallest absolute Gasteiger partial charge is 0.270 e. The van der Waals surface area contributed by atoms with Crippen molar-refractivity contribution in [3.05, 3.63) is 31.9 Å². The largest absolute Gasteiger partial charge is 0.385 e. The lowest BCUT2D eigenvalue weighted by atomic mass is 10.2. The summed E-state index contributed by atoms with van der Waals surface area (Å²) in [7, 11) is 1.69. The van der Waals surface area contributed by atoms with Gasteiger partial charge < -0.3 is 10.1 Å². The number of nitro groups is 1. The maximum atomic E-state index is 10.6. The molecule has 0 fully saturated rings. The Morgan fingerprint density at radius 1 is 1.47 bits per heavy atom. The highest BCUT2D eigenvalue weighted by Gasteiger charge is 2.08. The fourth-order valence-electron chi connectivity index (χ4n) is 1.36. The van der Waals surface area contributed by atoms with E-state index < -0.39 is 0 Å². The van der Waals surface area contributed by atoms with Crippen LogP contribution in [0.5, 0.6) is 0 Å². The molecule has 0 bridgehead atoms. The van der Waals surface area contributed by atoms with E-state index in [1.807, 2.05) is 0 Å². The summed E-state index contributed by atoms with van der Waals surface area (Å²) in [6.45, 7) is 1.61. The van der Waals surface area contributed by atoms with Gasteiger partial charge in [-0.15, -0.1) is 0 Å². The zero-order valence-corrected chi connectivity index (χ0v) is 11.8. The second kappa shape index (κ2) is 7.44. The number of nitro benzene ring substituents is 1. The summed E-state index contributed by atoms with van der Waals surface area (Å²) in [5.41, 5.74) is 1.06. The monoisotopic (exact) mass is 350 g/mol. The predicted octanol–water partition coefficient (Wildman–Crippen LogP) is 3.04. The van der Waals surface area contributed by atoms with Crippen molar-refractivity contribution in [2.75, 3.05) is 25.6 Å². The number of hydrogen-bond acceptors (Lipinski definition) is 4. The fraction of sp³-hybridized carbons (Fsp3) is 0.455. The van der Waals surface area contributed by atoms with Crippen LogP contribution in [-0.4, -0.2) is 25.2 Å². The average molecular weight is 350 g/mol. The summed E-state index contributed by atoms with van der Waals surface area (Å²) < 4.78 is 5.82. The van der Waals surface area contributed by atoms with Crippen molar-refractivity contribution >= 4 is 34.0 Å². The molecule has 0 aliphatic carbocycles. The van der Waals surface area contributed by atoms with Crippen LogP contribution in [0.25, 0.3) is 0 Å². The molecule has 1 N–H and O–H groups in total. The van der Waals surface area contributed by atoms with Gasteiger partial charge in [0.2, 0.25) is 0 Å². The average Bonchev–Trinajstić information content (AvgIpc) is 2.30. The summed E-state index contributed by atoms with van der Waals surface area (Å²) in [4.78, 5) is 10.2. The molecule has 1 aromatic carbocycles. The highest BCUT2D eigenvalue weighted by molar-refractivity contribution is 14.1. The number of methoxy groups -OCH3 is 1. The Morgan fingerprint density at radius 2 is 2.24 bits per heavy atom. The number of rotatable bonds is 7. The van der Waals surface area contributed by atoms with E-state index in [4.69, 9.17) is 4.74 Å². The third-order valence-electron chi connectivity index (χ3n) is 2.25. The Kier molecular flexibility index (Phi) is 6.20. The van der Waals surface area contributed by atoms with E-state index in [-0.39, 0.29) is 10.6 Å². The molecule has 17 heavy (non-hydrogen) atoms. The van der Waals surface area contributed by atoms with Crippen molar-refractivity contribution in [1.29, 1.82) is 0 Å². The van der Waals surface area contributed by atoms with Crippen LogP contribution in [0, 0.1) is 13.7 Å². The van der Waals surface area contributed by atoms with Gasteiger partial charge in [-0.1, -0.05) is 0 Å². The molecule has 0 aromatic heterocycles. The molecule has 0 saturated carbocycles. The molecule has 0 heterocycles. The maximum absolute atomic E-state index is 10.6. The number of benzene rings is 1. The van der Waals surface area contributed by atoms with Gasteiger partial charge in [0, 0.05) is 41.7 Å². The Labute approximate surface area is 114 Å². The standard InChI is InChI=1S/C11H15IN2O3/c1-17-7-3-2-6-13-11-5-4-9(14(15)16)8-10(11)12/h4-5,8,13H,2-3,6-7H2,1H3. The van der Waals surface area contributed by atoms with Crippen molar-refractivity contribution in [2.24, 2.45) is 0 Å². The third-order valence-corrected chi connectivity index (χ3v) is 3.15. The van der Waals surface area contributed by atoms with Crippen molar-refractivity contribution in [3.63, 3.8) is 0 Å². The molecular weight excluding hydrogens is 335 g/mol. The Balaban J connectivity index is 2.46. The summed E-state index contributed by atoms with van der Waals surface area (Å²) in [5, 5.41) is 13.8. The van der Waals surface area contributed by atoms with Crippen LogP contribution in [0.15, 0.2) is 18.2 Å². The zero-order chi connectivity index (χ0) is 12.7. The minimum atomic E-state index is -0.384. The van der Waals surface area contributed by atoms with Gasteiger partial charge in [0.05, 0.1) is 4.92 Å². The molecule has 1 aromatic rings. The molecule has 0 unspecified atom stereocenters. The van der Waals surface area contributed by atoms with Gasteiger partial charge in [-0.05, 0) is 41.5 Å². The number of non-ortho nitro benzene ring substituents is 1. The van der Waals surface area contributed by atoms with Crippen LogP contribution in [0.4, 0.5) is 11.4 Å². The first-order valence-corrected chi connectivity index (χ1v) is 6.39. The molecule has 0 aliphatic heterocycles. The summed E-state index contributed by atoms with van der Waals surface area (Å²) in [6.07, 6.45) is 2.02. The summed E-state index contributed by atoms with van der Waals surface area (Å²) in [5.74, 6) is 0. The van der Waals surface area contributed by atoms with E-state index >= 15 is 0 Å². The number of halogens is 1. The maximum Gasteiger partial charge on any atom is 0.270 e. The van der Waals surface area contributed by atoms with Crippen molar-refractivity contribution in [2.45, 2.75) is 12.8 Å². The normalized spacial score (nSPS) is 10.2. The Morgan fingerprint density at radius 3 is 2.82 bits per heavy atom. The lowest BCUT2D eigenvalue weighted by Crippen LogP contribution is -2.04. The molecule has 0 spiro atoms. The number of ether oxygens (including phenoxy) is 1. The fourth-order valence-corrected chi connectivity index (χ4v) is 2.04. The zero-order valence-electron chi connectivity index (χ0n) is 9.61. The SMILES string of the molecule is COCCCCNc1ccc([N+](=O)[O-])cc1I. The predicted molar refractivity (Wildman–Crippen MR) is 75.4 cm³/mol. The van der Waals surface area contributed by atoms with Crippen LogP contribution >= 0.6 is 22.6 Å². The van der Waals surface area contributed by atoms with Gasteiger partial charge in [-0.2, -0.15) is 0 Å². The summed E-state index contributed by atoms with van der Waals surface area (Å²) >= 11 is 2.10. The Hall–Kier alpha value is -0.890. The first-order chi connectivity index (χ1) is 8.15. The second-order valence-electron chi connectivity index (χ2n) is 3.55.